The van der Waals surface area contributed by atoms with Gasteiger partial charge in [-0.3, -0.25) is 13.9 Å². The summed E-state index contributed by atoms with van der Waals surface area (Å²) in [6.45, 7) is 2.99. The van der Waals surface area contributed by atoms with Crippen LogP contribution in [-0.2, 0) is 14.8 Å². The van der Waals surface area contributed by atoms with Gasteiger partial charge < -0.3 is 11.1 Å². The Balaban J connectivity index is 2.55. The Morgan fingerprint density at radius 3 is 2.36 bits per heavy atom. The molecule has 2 aromatic rings. The quantitative estimate of drug-likeness (QED) is 0.847. The van der Waals surface area contributed by atoms with E-state index in [-0.39, 0.29) is 22.1 Å². The molecule has 0 aromatic heterocycles. The first kappa shape index (κ1) is 18.5. The maximum atomic E-state index is 13.0. The van der Waals surface area contributed by atoms with Gasteiger partial charge in [0.15, 0.2) is 0 Å². The lowest BCUT2D eigenvalue weighted by atomic mass is 10.2. The lowest BCUT2D eigenvalue weighted by Crippen LogP contribution is -2.29. The van der Waals surface area contributed by atoms with E-state index in [2.05, 4.69) is 5.32 Å². The molecule has 0 aliphatic rings. The molecular formula is C17H19N3O4S. The number of hydrogen-bond acceptors (Lipinski definition) is 4. The van der Waals surface area contributed by atoms with Gasteiger partial charge in [0, 0.05) is 19.7 Å². The van der Waals surface area contributed by atoms with Gasteiger partial charge in [-0.2, -0.15) is 0 Å². The van der Waals surface area contributed by atoms with Crippen molar-refractivity contribution in [2.45, 2.75) is 18.7 Å². The number of para-hydroxylation sites is 1. The Morgan fingerprint density at radius 1 is 1.12 bits per heavy atom. The summed E-state index contributed by atoms with van der Waals surface area (Å²) in [6, 6.07) is 10.8. The van der Waals surface area contributed by atoms with Crippen molar-refractivity contribution in [3.05, 3.63) is 53.6 Å². The Hall–Kier alpha value is -2.87. The molecule has 0 heterocycles. The smallest absolute Gasteiger partial charge is 0.264 e. The van der Waals surface area contributed by atoms with Crippen molar-refractivity contribution < 1.29 is 18.0 Å². The number of benzene rings is 2. The molecule has 0 unspecified atom stereocenters. The molecule has 0 saturated carbocycles. The minimum absolute atomic E-state index is 0.0283. The van der Waals surface area contributed by atoms with Crippen LogP contribution in [0.2, 0.25) is 0 Å². The number of carbonyl (C=O) groups excluding carboxylic acids is 2. The maximum absolute atomic E-state index is 13.0. The zero-order chi connectivity index (χ0) is 18.8. The lowest BCUT2D eigenvalue weighted by molar-refractivity contribution is -0.114. The number of aryl methyl sites for hydroxylation is 1. The van der Waals surface area contributed by atoms with Crippen molar-refractivity contribution >= 4 is 33.2 Å². The Labute approximate surface area is 146 Å². The molecule has 2 amide bonds. The average Bonchev–Trinajstić information content (AvgIpc) is 2.55. The van der Waals surface area contributed by atoms with Crippen LogP contribution in [0.15, 0.2) is 47.4 Å². The molecule has 132 valence electrons. The summed E-state index contributed by atoms with van der Waals surface area (Å²) in [5.41, 5.74) is 6.50. The van der Waals surface area contributed by atoms with Crippen LogP contribution in [0, 0.1) is 6.92 Å². The highest BCUT2D eigenvalue weighted by Crippen LogP contribution is 2.28. The van der Waals surface area contributed by atoms with Crippen molar-refractivity contribution in [1.29, 1.82) is 0 Å². The number of nitrogens with two attached hydrogens (primary N) is 1. The second kappa shape index (κ2) is 6.94. The molecule has 3 N–H and O–H groups in total. The number of sulfonamides is 1. The van der Waals surface area contributed by atoms with E-state index in [1.807, 2.05) is 0 Å². The fourth-order valence-corrected chi connectivity index (χ4v) is 3.86. The third-order valence-corrected chi connectivity index (χ3v) is 5.57. The summed E-state index contributed by atoms with van der Waals surface area (Å²) in [5, 5.41) is 2.56. The number of rotatable bonds is 5. The number of primary amides is 1. The van der Waals surface area contributed by atoms with Gasteiger partial charge in [-0.1, -0.05) is 18.2 Å². The second-order valence-corrected chi connectivity index (χ2v) is 7.45. The predicted octanol–water partition coefficient (Wildman–Crippen LogP) is 1.88. The van der Waals surface area contributed by atoms with Gasteiger partial charge in [0.05, 0.1) is 16.1 Å². The standard InChI is InChI=1S/C17H19N3O4S/c1-11-8-9-13(19-12(2)21)10-16(11)25(23,24)20(3)15-7-5-4-6-14(15)17(18)22/h4-10H,1-3H3,(H2,18,22)(H,19,21). The average molecular weight is 361 g/mol. The van der Waals surface area contributed by atoms with E-state index >= 15 is 0 Å². The van der Waals surface area contributed by atoms with Crippen LogP contribution >= 0.6 is 0 Å². The summed E-state index contributed by atoms with van der Waals surface area (Å²) in [7, 11) is -2.61. The summed E-state index contributed by atoms with van der Waals surface area (Å²) in [6.07, 6.45) is 0. The van der Waals surface area contributed by atoms with Crippen LogP contribution in [0.25, 0.3) is 0 Å². The molecule has 7 nitrogen and oxygen atoms in total. The first-order chi connectivity index (χ1) is 11.6. The fourth-order valence-electron chi connectivity index (χ4n) is 2.39. The zero-order valence-electron chi connectivity index (χ0n) is 14.1. The van der Waals surface area contributed by atoms with Crippen molar-refractivity contribution in [3.63, 3.8) is 0 Å². The molecule has 0 saturated heterocycles. The van der Waals surface area contributed by atoms with Crippen molar-refractivity contribution in [2.24, 2.45) is 5.73 Å². The highest BCUT2D eigenvalue weighted by Gasteiger charge is 2.26. The maximum Gasteiger partial charge on any atom is 0.264 e. The second-order valence-electron chi connectivity index (χ2n) is 5.52. The Kier molecular flexibility index (Phi) is 5.13. The normalized spacial score (nSPS) is 11.0. The first-order valence-corrected chi connectivity index (χ1v) is 8.84. The Bertz CT molecular complexity index is 939. The highest BCUT2D eigenvalue weighted by molar-refractivity contribution is 7.92. The van der Waals surface area contributed by atoms with E-state index in [0.717, 1.165) is 4.31 Å². The summed E-state index contributed by atoms with van der Waals surface area (Å²) >= 11 is 0. The summed E-state index contributed by atoms with van der Waals surface area (Å²) in [4.78, 5) is 22.8. The van der Waals surface area contributed by atoms with E-state index in [1.54, 1.807) is 31.2 Å². The van der Waals surface area contributed by atoms with E-state index < -0.39 is 15.9 Å². The van der Waals surface area contributed by atoms with Crippen LogP contribution < -0.4 is 15.4 Å². The lowest BCUT2D eigenvalue weighted by Gasteiger charge is -2.22. The van der Waals surface area contributed by atoms with Crippen LogP contribution in [0.4, 0.5) is 11.4 Å². The molecule has 0 bridgehead atoms. The largest absolute Gasteiger partial charge is 0.366 e. The van der Waals surface area contributed by atoms with Crippen LogP contribution in [0.5, 0.6) is 0 Å². The van der Waals surface area contributed by atoms with Crippen molar-refractivity contribution in [3.8, 4) is 0 Å². The molecule has 2 rings (SSSR count). The van der Waals surface area contributed by atoms with Gasteiger partial charge in [0.1, 0.15) is 0 Å². The summed E-state index contributed by atoms with van der Waals surface area (Å²) in [5.74, 6) is -1.03. The van der Waals surface area contributed by atoms with E-state index in [0.29, 0.717) is 11.3 Å². The number of carbonyl (C=O) groups is 2. The zero-order valence-corrected chi connectivity index (χ0v) is 14.9. The highest BCUT2D eigenvalue weighted by atomic mass is 32.2. The van der Waals surface area contributed by atoms with Crippen LogP contribution in [0.3, 0.4) is 0 Å². The van der Waals surface area contributed by atoms with Crippen molar-refractivity contribution in [1.82, 2.24) is 0 Å². The number of amides is 2. The molecule has 8 heteroatoms. The molecule has 0 radical (unpaired) electrons. The van der Waals surface area contributed by atoms with E-state index in [9.17, 15) is 18.0 Å². The topological polar surface area (TPSA) is 110 Å². The van der Waals surface area contributed by atoms with Crippen molar-refractivity contribution in [2.75, 3.05) is 16.7 Å². The van der Waals surface area contributed by atoms with Crippen LogP contribution in [0.1, 0.15) is 22.8 Å². The molecule has 2 aromatic carbocycles. The Morgan fingerprint density at radius 2 is 1.76 bits per heavy atom. The van der Waals surface area contributed by atoms with Gasteiger partial charge in [0.2, 0.25) is 5.91 Å². The van der Waals surface area contributed by atoms with Gasteiger partial charge >= 0.3 is 0 Å². The third-order valence-electron chi connectivity index (χ3n) is 3.66. The summed E-state index contributed by atoms with van der Waals surface area (Å²) < 4.78 is 27.1. The monoisotopic (exact) mass is 361 g/mol. The van der Waals surface area contributed by atoms with Gasteiger partial charge in [0.25, 0.3) is 15.9 Å². The molecule has 0 fully saturated rings. The molecule has 0 spiro atoms. The number of hydrogen-bond donors (Lipinski definition) is 2. The molecule has 25 heavy (non-hydrogen) atoms. The number of nitrogens with zero attached hydrogens (tertiary/aromatic N) is 1. The van der Waals surface area contributed by atoms with E-state index in [1.165, 1.54) is 32.2 Å². The van der Waals surface area contributed by atoms with Gasteiger partial charge in [-0.25, -0.2) is 8.42 Å². The van der Waals surface area contributed by atoms with Gasteiger partial charge in [-0.05, 0) is 36.8 Å². The van der Waals surface area contributed by atoms with Crippen LogP contribution in [-0.4, -0.2) is 27.3 Å². The number of nitrogens with one attached hydrogen (secondary N) is 1. The number of anilines is 2. The SMILES string of the molecule is CC(=O)Nc1ccc(C)c(S(=O)(=O)N(C)c2ccccc2C(N)=O)c1. The van der Waals surface area contributed by atoms with Gasteiger partial charge in [-0.15, -0.1) is 0 Å². The van der Waals surface area contributed by atoms with E-state index in [4.69, 9.17) is 5.73 Å². The third kappa shape index (κ3) is 3.80. The minimum atomic E-state index is -3.96. The molecule has 0 aliphatic carbocycles. The predicted molar refractivity (Wildman–Crippen MR) is 96.0 cm³/mol. The molecule has 0 atom stereocenters. The first-order valence-electron chi connectivity index (χ1n) is 7.40. The molecule has 0 aliphatic heterocycles. The fraction of sp³-hybridized carbons (Fsp3) is 0.176. The molecular weight excluding hydrogens is 342 g/mol. The minimum Gasteiger partial charge on any atom is -0.366 e.